The van der Waals surface area contributed by atoms with Gasteiger partial charge < -0.3 is 25.0 Å². The third-order valence-corrected chi connectivity index (χ3v) is 5.77. The Bertz CT molecular complexity index is 1070. The maximum atomic E-state index is 12.2. The van der Waals surface area contributed by atoms with E-state index in [-0.39, 0.29) is 12.1 Å². The van der Waals surface area contributed by atoms with Gasteiger partial charge >= 0.3 is 6.03 Å². The first-order valence-corrected chi connectivity index (χ1v) is 11.1. The number of piperidine rings is 1. The van der Waals surface area contributed by atoms with Crippen molar-refractivity contribution in [3.63, 3.8) is 0 Å². The quantitative estimate of drug-likeness (QED) is 0.531. The van der Waals surface area contributed by atoms with Crippen molar-refractivity contribution in [3.05, 3.63) is 71.6 Å². The van der Waals surface area contributed by atoms with Crippen molar-refractivity contribution in [2.24, 2.45) is 0 Å². The Hall–Kier alpha value is -3.52. The van der Waals surface area contributed by atoms with Crippen LogP contribution < -0.4 is 25.0 Å². The van der Waals surface area contributed by atoms with E-state index in [1.54, 1.807) is 43.9 Å². The first-order chi connectivity index (χ1) is 16.1. The molecule has 1 aliphatic rings. The second-order valence-corrected chi connectivity index (χ2v) is 8.07. The number of nitrogens with zero attached hydrogens (tertiary/aromatic N) is 3. The summed E-state index contributed by atoms with van der Waals surface area (Å²) in [6, 6.07) is 12.9. The van der Waals surface area contributed by atoms with Crippen LogP contribution in [0.15, 0.2) is 61.1 Å². The molecule has 2 amide bonds. The normalized spacial score (nSPS) is 13.9. The van der Waals surface area contributed by atoms with Crippen LogP contribution in [0.1, 0.15) is 18.4 Å². The molecule has 1 saturated heterocycles. The summed E-state index contributed by atoms with van der Waals surface area (Å²) in [4.78, 5) is 22.8. The molecule has 0 saturated carbocycles. The van der Waals surface area contributed by atoms with Crippen molar-refractivity contribution in [2.45, 2.75) is 25.5 Å². The first-order valence-electron chi connectivity index (χ1n) is 10.7. The lowest BCUT2D eigenvalue weighted by molar-refractivity contribution is 0.246. The third kappa shape index (κ3) is 6.04. The van der Waals surface area contributed by atoms with Gasteiger partial charge in [0.1, 0.15) is 23.1 Å². The number of hydrogen-bond acceptors (Lipinski definition) is 6. The molecular weight excluding hydrogens is 442 g/mol. The van der Waals surface area contributed by atoms with Crippen LogP contribution in [0.5, 0.6) is 11.5 Å². The molecule has 0 spiro atoms. The maximum Gasteiger partial charge on any atom is 0.319 e. The summed E-state index contributed by atoms with van der Waals surface area (Å²) in [6.45, 7) is 1.83. The van der Waals surface area contributed by atoms with Crippen molar-refractivity contribution in [1.82, 2.24) is 15.3 Å². The van der Waals surface area contributed by atoms with Gasteiger partial charge in [-0.05, 0) is 42.7 Å². The highest BCUT2D eigenvalue weighted by Gasteiger charge is 2.24. The fourth-order valence-corrected chi connectivity index (χ4v) is 3.98. The monoisotopic (exact) mass is 467 g/mol. The molecule has 172 valence electrons. The van der Waals surface area contributed by atoms with E-state index in [0.717, 1.165) is 37.2 Å². The first kappa shape index (κ1) is 22.7. The molecule has 3 aromatic rings. The lowest BCUT2D eigenvalue weighted by Gasteiger charge is -2.33. The number of carbonyl (C=O) groups excluding carboxylic acids is 1. The van der Waals surface area contributed by atoms with Crippen LogP contribution in [0.4, 0.5) is 16.3 Å². The number of aromatic nitrogens is 2. The molecule has 1 fully saturated rings. The average molecular weight is 468 g/mol. The van der Waals surface area contributed by atoms with Crippen LogP contribution in [0.2, 0.25) is 5.02 Å². The second-order valence-electron chi connectivity index (χ2n) is 7.69. The molecule has 1 aromatic carbocycles. The van der Waals surface area contributed by atoms with E-state index in [0.29, 0.717) is 28.9 Å². The molecular formula is C24H26ClN5O3. The molecule has 0 radical (unpaired) electrons. The van der Waals surface area contributed by atoms with E-state index in [4.69, 9.17) is 21.1 Å². The third-order valence-electron chi connectivity index (χ3n) is 5.41. The summed E-state index contributed by atoms with van der Waals surface area (Å²) in [5, 5.41) is 6.31. The molecule has 9 heteroatoms. The second kappa shape index (κ2) is 10.9. The largest absolute Gasteiger partial charge is 0.497 e. The Morgan fingerprint density at radius 3 is 2.79 bits per heavy atom. The Balaban J connectivity index is 1.31. The molecule has 2 N–H and O–H groups in total. The topological polar surface area (TPSA) is 88.6 Å². The van der Waals surface area contributed by atoms with Gasteiger partial charge in [-0.25, -0.2) is 9.78 Å². The zero-order valence-electron chi connectivity index (χ0n) is 18.3. The van der Waals surface area contributed by atoms with Gasteiger partial charge in [-0.2, -0.15) is 0 Å². The van der Waals surface area contributed by atoms with Crippen molar-refractivity contribution in [1.29, 1.82) is 0 Å². The van der Waals surface area contributed by atoms with E-state index in [1.807, 2.05) is 24.3 Å². The van der Waals surface area contributed by atoms with Gasteiger partial charge in [0.05, 0.1) is 19.0 Å². The maximum absolute atomic E-state index is 12.2. The SMILES string of the molecule is COc1cccc(COc2ccnc(N3CCC(NC(=O)Nc4cccnc4)CC3)c2Cl)c1. The molecule has 4 rings (SSSR count). The minimum atomic E-state index is -0.231. The predicted molar refractivity (Wildman–Crippen MR) is 128 cm³/mol. The van der Waals surface area contributed by atoms with Crippen molar-refractivity contribution in [2.75, 3.05) is 30.4 Å². The van der Waals surface area contributed by atoms with Crippen molar-refractivity contribution >= 4 is 29.1 Å². The molecule has 33 heavy (non-hydrogen) atoms. The van der Waals surface area contributed by atoms with Crippen LogP contribution in [-0.4, -0.2) is 42.2 Å². The molecule has 3 heterocycles. The van der Waals surface area contributed by atoms with E-state index in [2.05, 4.69) is 25.5 Å². The van der Waals surface area contributed by atoms with E-state index in [9.17, 15) is 4.79 Å². The summed E-state index contributed by atoms with van der Waals surface area (Å²) >= 11 is 6.64. The van der Waals surface area contributed by atoms with Gasteiger partial charge in [0.15, 0.2) is 5.82 Å². The molecule has 0 atom stereocenters. The Kier molecular flexibility index (Phi) is 7.47. The number of hydrogen-bond donors (Lipinski definition) is 2. The Morgan fingerprint density at radius 1 is 1.18 bits per heavy atom. The van der Waals surface area contributed by atoms with Gasteiger partial charge in [-0.1, -0.05) is 23.7 Å². The highest BCUT2D eigenvalue weighted by atomic mass is 35.5. The predicted octanol–water partition coefficient (Wildman–Crippen LogP) is 4.51. The summed E-state index contributed by atoms with van der Waals surface area (Å²) in [5.74, 6) is 2.06. The number of methoxy groups -OCH3 is 1. The van der Waals surface area contributed by atoms with Gasteiger partial charge in [0.25, 0.3) is 0 Å². The number of anilines is 2. The highest BCUT2D eigenvalue weighted by Crippen LogP contribution is 2.34. The number of halogens is 1. The van der Waals surface area contributed by atoms with E-state index >= 15 is 0 Å². The summed E-state index contributed by atoms with van der Waals surface area (Å²) in [6.07, 6.45) is 6.55. The number of amides is 2. The number of benzene rings is 1. The van der Waals surface area contributed by atoms with Crippen LogP contribution >= 0.6 is 11.6 Å². The Morgan fingerprint density at radius 2 is 2.03 bits per heavy atom. The van der Waals surface area contributed by atoms with Crippen LogP contribution in [-0.2, 0) is 6.61 Å². The number of carbonyl (C=O) groups is 1. The highest BCUT2D eigenvalue weighted by molar-refractivity contribution is 6.34. The molecule has 1 aliphatic heterocycles. The molecule has 8 nitrogen and oxygen atoms in total. The minimum absolute atomic E-state index is 0.0733. The average Bonchev–Trinajstić information content (AvgIpc) is 2.85. The van der Waals surface area contributed by atoms with Crippen LogP contribution in [0.25, 0.3) is 0 Å². The van der Waals surface area contributed by atoms with Crippen LogP contribution in [0.3, 0.4) is 0 Å². The molecule has 0 aliphatic carbocycles. The lowest BCUT2D eigenvalue weighted by Crippen LogP contribution is -2.46. The smallest absolute Gasteiger partial charge is 0.319 e. The van der Waals surface area contributed by atoms with Crippen molar-refractivity contribution < 1.29 is 14.3 Å². The minimum Gasteiger partial charge on any atom is -0.497 e. The van der Waals surface area contributed by atoms with Gasteiger partial charge in [0, 0.05) is 37.6 Å². The molecule has 0 unspecified atom stereocenters. The Labute approximate surface area is 197 Å². The van der Waals surface area contributed by atoms with E-state index in [1.165, 1.54) is 0 Å². The standard InChI is InChI=1S/C24H26ClN5O3/c1-32-20-6-2-4-17(14-20)16-33-21-7-11-27-23(22(21)25)30-12-8-18(9-13-30)28-24(31)29-19-5-3-10-26-15-19/h2-7,10-11,14-15,18H,8-9,12-13,16H2,1H3,(H2,28,29,31). The molecule has 0 bridgehead atoms. The number of ether oxygens (including phenoxy) is 2. The van der Waals surface area contributed by atoms with Gasteiger partial charge in [0.2, 0.25) is 0 Å². The number of rotatable bonds is 7. The zero-order chi connectivity index (χ0) is 23.0. The summed E-state index contributed by atoms with van der Waals surface area (Å²) in [7, 11) is 1.64. The number of urea groups is 1. The summed E-state index contributed by atoms with van der Waals surface area (Å²) in [5.41, 5.74) is 1.65. The number of pyridine rings is 2. The van der Waals surface area contributed by atoms with Gasteiger partial charge in [-0.15, -0.1) is 0 Å². The summed E-state index contributed by atoms with van der Waals surface area (Å²) < 4.78 is 11.2. The fraction of sp³-hybridized carbons (Fsp3) is 0.292. The van der Waals surface area contributed by atoms with E-state index < -0.39 is 0 Å². The fourth-order valence-electron chi connectivity index (χ4n) is 3.70. The van der Waals surface area contributed by atoms with Crippen LogP contribution in [0, 0.1) is 0 Å². The lowest BCUT2D eigenvalue weighted by atomic mass is 10.1. The van der Waals surface area contributed by atoms with Gasteiger partial charge in [-0.3, -0.25) is 4.98 Å². The molecule has 2 aromatic heterocycles. The number of nitrogens with one attached hydrogen (secondary N) is 2. The zero-order valence-corrected chi connectivity index (χ0v) is 19.1. The van der Waals surface area contributed by atoms with Crippen molar-refractivity contribution in [3.8, 4) is 11.5 Å².